The number of carbonyl (C=O) groups excluding carboxylic acids is 1. The number of hydrogen-bond donors (Lipinski definition) is 3. The van der Waals surface area contributed by atoms with Crippen molar-refractivity contribution < 1.29 is 4.79 Å². The number of hydrazine groups is 1. The molecule has 76 valence electrons. The molecular weight excluding hydrogens is 170 g/mol. The van der Waals surface area contributed by atoms with Crippen molar-refractivity contribution in [1.82, 2.24) is 5.01 Å². The molecule has 0 saturated heterocycles. The topological polar surface area (TPSA) is 111 Å². The first-order valence-corrected chi connectivity index (χ1v) is 3.88. The van der Waals surface area contributed by atoms with Gasteiger partial charge in [0.1, 0.15) is 0 Å². The van der Waals surface area contributed by atoms with Crippen LogP contribution in [0.1, 0.15) is 20.8 Å². The summed E-state index contributed by atoms with van der Waals surface area (Å²) >= 11 is 0. The standard InChI is InChI=1S/C7H17N5O/c1-7(2,3)12(10)4-5(13)11-6(8)9/h4,10H2,1-3H3,(H4,8,9,11,13). The van der Waals surface area contributed by atoms with Crippen LogP contribution < -0.4 is 17.3 Å². The molecule has 6 heteroatoms. The first-order chi connectivity index (χ1) is 5.73. The van der Waals surface area contributed by atoms with E-state index in [1.165, 1.54) is 5.01 Å². The molecule has 0 heterocycles. The lowest BCUT2D eigenvalue weighted by Gasteiger charge is -2.29. The maximum Gasteiger partial charge on any atom is 0.264 e. The Balaban J connectivity index is 4.16. The minimum absolute atomic E-state index is 0.00139. The summed E-state index contributed by atoms with van der Waals surface area (Å²) in [4.78, 5) is 14.4. The van der Waals surface area contributed by atoms with Gasteiger partial charge in [-0.15, -0.1) is 0 Å². The molecule has 0 rings (SSSR count). The van der Waals surface area contributed by atoms with Gasteiger partial charge in [-0.3, -0.25) is 10.6 Å². The average Bonchev–Trinajstić information content (AvgIpc) is 1.82. The van der Waals surface area contributed by atoms with Crippen molar-refractivity contribution in [3.8, 4) is 0 Å². The number of amides is 1. The van der Waals surface area contributed by atoms with Crippen LogP contribution >= 0.6 is 0 Å². The van der Waals surface area contributed by atoms with Crippen LogP contribution in [0.2, 0.25) is 0 Å². The molecule has 13 heavy (non-hydrogen) atoms. The molecular formula is C7H17N5O. The Morgan fingerprint density at radius 1 is 1.38 bits per heavy atom. The lowest BCUT2D eigenvalue weighted by atomic mass is 10.1. The van der Waals surface area contributed by atoms with Crippen molar-refractivity contribution in [2.75, 3.05) is 6.54 Å². The number of nitrogens with zero attached hydrogens (tertiary/aromatic N) is 2. The minimum Gasteiger partial charge on any atom is -0.370 e. The summed E-state index contributed by atoms with van der Waals surface area (Å²) in [6.07, 6.45) is 0. The monoisotopic (exact) mass is 187 g/mol. The van der Waals surface area contributed by atoms with Gasteiger partial charge in [-0.25, -0.2) is 5.01 Å². The number of aliphatic imine (C=N–C) groups is 1. The molecule has 0 fully saturated rings. The Bertz CT molecular complexity index is 213. The highest BCUT2D eigenvalue weighted by Gasteiger charge is 2.19. The lowest BCUT2D eigenvalue weighted by Crippen LogP contribution is -2.49. The van der Waals surface area contributed by atoms with Gasteiger partial charge in [0.2, 0.25) is 0 Å². The molecule has 0 aliphatic carbocycles. The molecule has 0 aliphatic heterocycles. The van der Waals surface area contributed by atoms with Gasteiger partial charge in [0.25, 0.3) is 5.91 Å². The van der Waals surface area contributed by atoms with Crippen LogP contribution in [0.25, 0.3) is 0 Å². The van der Waals surface area contributed by atoms with Crippen molar-refractivity contribution in [2.45, 2.75) is 26.3 Å². The van der Waals surface area contributed by atoms with Crippen LogP contribution in [-0.2, 0) is 4.79 Å². The summed E-state index contributed by atoms with van der Waals surface area (Å²) < 4.78 is 0. The summed E-state index contributed by atoms with van der Waals surface area (Å²) in [5.41, 5.74) is 9.77. The third-order valence-corrected chi connectivity index (χ3v) is 1.42. The quantitative estimate of drug-likeness (QED) is 0.217. The molecule has 0 aliphatic rings. The van der Waals surface area contributed by atoms with Gasteiger partial charge in [-0.2, -0.15) is 4.99 Å². The van der Waals surface area contributed by atoms with E-state index < -0.39 is 5.91 Å². The number of guanidine groups is 1. The molecule has 0 radical (unpaired) electrons. The summed E-state index contributed by atoms with van der Waals surface area (Å²) in [7, 11) is 0. The van der Waals surface area contributed by atoms with Gasteiger partial charge in [0.15, 0.2) is 5.96 Å². The van der Waals surface area contributed by atoms with Gasteiger partial charge in [0.05, 0.1) is 6.54 Å². The second-order valence-electron chi connectivity index (χ2n) is 3.73. The van der Waals surface area contributed by atoms with Crippen molar-refractivity contribution in [2.24, 2.45) is 22.3 Å². The van der Waals surface area contributed by atoms with Crippen LogP contribution in [-0.4, -0.2) is 29.0 Å². The normalized spacial score (nSPS) is 11.5. The highest BCUT2D eigenvalue weighted by Crippen LogP contribution is 2.07. The van der Waals surface area contributed by atoms with Gasteiger partial charge in [0, 0.05) is 5.54 Å². The Morgan fingerprint density at radius 3 is 2.15 bits per heavy atom. The van der Waals surface area contributed by atoms with Crippen molar-refractivity contribution in [3.05, 3.63) is 0 Å². The van der Waals surface area contributed by atoms with Gasteiger partial charge < -0.3 is 11.5 Å². The average molecular weight is 187 g/mol. The van der Waals surface area contributed by atoms with Gasteiger partial charge in [-0.05, 0) is 20.8 Å². The smallest absolute Gasteiger partial charge is 0.264 e. The fourth-order valence-electron chi connectivity index (χ4n) is 0.562. The lowest BCUT2D eigenvalue weighted by molar-refractivity contribution is -0.120. The predicted molar refractivity (Wildman–Crippen MR) is 51.5 cm³/mol. The van der Waals surface area contributed by atoms with Crippen molar-refractivity contribution >= 4 is 11.9 Å². The SMILES string of the molecule is CC(C)(C)N(N)CC(=O)N=C(N)N. The number of carbonyl (C=O) groups is 1. The highest BCUT2D eigenvalue weighted by molar-refractivity contribution is 5.92. The Morgan fingerprint density at radius 2 is 1.85 bits per heavy atom. The van der Waals surface area contributed by atoms with Crippen LogP contribution in [0.5, 0.6) is 0 Å². The highest BCUT2D eigenvalue weighted by atomic mass is 16.1. The molecule has 0 atom stereocenters. The third kappa shape index (κ3) is 5.15. The second-order valence-corrected chi connectivity index (χ2v) is 3.73. The molecule has 0 aromatic heterocycles. The van der Waals surface area contributed by atoms with Crippen molar-refractivity contribution in [1.29, 1.82) is 0 Å². The van der Waals surface area contributed by atoms with E-state index in [0.29, 0.717) is 0 Å². The zero-order chi connectivity index (χ0) is 10.6. The molecule has 0 bridgehead atoms. The molecule has 0 spiro atoms. The fraction of sp³-hybridized carbons (Fsp3) is 0.714. The maximum absolute atomic E-state index is 11.0. The molecule has 0 saturated carbocycles. The van der Waals surface area contributed by atoms with E-state index >= 15 is 0 Å². The molecule has 6 N–H and O–H groups in total. The van der Waals surface area contributed by atoms with Crippen LogP contribution in [0.3, 0.4) is 0 Å². The Hall–Kier alpha value is -1.14. The van der Waals surface area contributed by atoms with Crippen LogP contribution in [0.4, 0.5) is 0 Å². The number of rotatable bonds is 2. The molecule has 6 nitrogen and oxygen atoms in total. The second kappa shape index (κ2) is 4.20. The van der Waals surface area contributed by atoms with Crippen molar-refractivity contribution in [3.63, 3.8) is 0 Å². The molecule has 0 aromatic rings. The van der Waals surface area contributed by atoms with E-state index in [9.17, 15) is 4.79 Å². The predicted octanol–water partition coefficient (Wildman–Crippen LogP) is -1.24. The summed E-state index contributed by atoms with van der Waals surface area (Å²) in [6.45, 7) is 5.66. The van der Waals surface area contributed by atoms with E-state index in [2.05, 4.69) is 4.99 Å². The first kappa shape index (κ1) is 11.9. The van der Waals surface area contributed by atoms with E-state index in [1.54, 1.807) is 0 Å². The maximum atomic E-state index is 11.0. The fourth-order valence-corrected chi connectivity index (χ4v) is 0.562. The summed E-state index contributed by atoms with van der Waals surface area (Å²) in [6, 6.07) is 0. The van der Waals surface area contributed by atoms with E-state index in [4.69, 9.17) is 17.3 Å². The van der Waals surface area contributed by atoms with E-state index in [1.807, 2.05) is 20.8 Å². The van der Waals surface area contributed by atoms with Crippen LogP contribution in [0.15, 0.2) is 4.99 Å². The zero-order valence-electron chi connectivity index (χ0n) is 8.24. The summed E-state index contributed by atoms with van der Waals surface area (Å²) in [5, 5.41) is 1.38. The Kier molecular flexibility index (Phi) is 3.83. The molecule has 1 amide bonds. The molecule has 0 aromatic carbocycles. The van der Waals surface area contributed by atoms with Crippen LogP contribution in [0, 0.1) is 0 Å². The van der Waals surface area contributed by atoms with E-state index in [-0.39, 0.29) is 18.0 Å². The minimum atomic E-state index is -0.447. The number of nitrogens with two attached hydrogens (primary N) is 3. The number of hydrogen-bond acceptors (Lipinski definition) is 3. The largest absolute Gasteiger partial charge is 0.370 e. The third-order valence-electron chi connectivity index (χ3n) is 1.42. The first-order valence-electron chi connectivity index (χ1n) is 3.88. The van der Waals surface area contributed by atoms with E-state index in [0.717, 1.165) is 0 Å². The zero-order valence-corrected chi connectivity index (χ0v) is 8.24. The van der Waals surface area contributed by atoms with Gasteiger partial charge >= 0.3 is 0 Å². The summed E-state index contributed by atoms with van der Waals surface area (Å²) in [5.74, 6) is 4.90. The van der Waals surface area contributed by atoms with Gasteiger partial charge in [-0.1, -0.05) is 0 Å². The Labute approximate surface area is 77.7 Å². The molecule has 0 unspecified atom stereocenters.